The zero-order chi connectivity index (χ0) is 13.9. The lowest BCUT2D eigenvalue weighted by atomic mass is 10.3. The summed E-state index contributed by atoms with van der Waals surface area (Å²) in [5.41, 5.74) is 2.94. The van der Waals surface area contributed by atoms with Crippen LogP contribution in [0.4, 0.5) is 5.69 Å². The Bertz CT molecular complexity index is 706. The highest BCUT2D eigenvalue weighted by Crippen LogP contribution is 2.24. The fourth-order valence-corrected chi connectivity index (χ4v) is 2.52. The van der Waals surface area contributed by atoms with E-state index in [4.69, 9.17) is 4.74 Å². The van der Waals surface area contributed by atoms with Gasteiger partial charge in [-0.25, -0.2) is 4.98 Å². The largest absolute Gasteiger partial charge is 0.497 e. The number of methoxy groups -OCH3 is 1. The summed E-state index contributed by atoms with van der Waals surface area (Å²) in [6.07, 6.45) is 4.02. The van der Waals surface area contributed by atoms with Gasteiger partial charge < -0.3 is 14.5 Å². The summed E-state index contributed by atoms with van der Waals surface area (Å²) in [5.74, 6) is 0.817. The number of aromatic nitrogens is 2. The maximum Gasteiger partial charge on any atom is 0.137 e. The average molecular weight is 332 g/mol. The highest BCUT2D eigenvalue weighted by Gasteiger charge is 2.03. The summed E-state index contributed by atoms with van der Waals surface area (Å²) in [5, 5.41) is 3.35. The summed E-state index contributed by atoms with van der Waals surface area (Å²) in [6, 6.07) is 11.9. The molecule has 0 spiro atoms. The molecule has 0 saturated carbocycles. The van der Waals surface area contributed by atoms with E-state index in [9.17, 15) is 0 Å². The maximum absolute atomic E-state index is 5.25. The van der Waals surface area contributed by atoms with Gasteiger partial charge in [0.1, 0.15) is 11.4 Å². The van der Waals surface area contributed by atoms with Gasteiger partial charge in [0.25, 0.3) is 0 Å². The van der Waals surface area contributed by atoms with Crippen molar-refractivity contribution in [1.82, 2.24) is 9.38 Å². The number of benzene rings is 1. The van der Waals surface area contributed by atoms with Gasteiger partial charge in [0.2, 0.25) is 0 Å². The third-order valence-electron chi connectivity index (χ3n) is 2.99. The molecule has 3 rings (SSSR count). The van der Waals surface area contributed by atoms with Crippen LogP contribution in [0.5, 0.6) is 5.75 Å². The number of hydrogen-bond donors (Lipinski definition) is 1. The Labute approximate surface area is 125 Å². The molecule has 0 unspecified atom stereocenters. The Hall–Kier alpha value is -2.01. The van der Waals surface area contributed by atoms with E-state index in [-0.39, 0.29) is 0 Å². The Morgan fingerprint density at radius 2 is 2.20 bits per heavy atom. The lowest BCUT2D eigenvalue weighted by molar-refractivity contribution is 0.414. The molecule has 20 heavy (non-hydrogen) atoms. The molecule has 5 heteroatoms. The zero-order valence-electron chi connectivity index (χ0n) is 11.0. The number of pyridine rings is 1. The van der Waals surface area contributed by atoms with Crippen molar-refractivity contribution < 1.29 is 4.74 Å². The summed E-state index contributed by atoms with van der Waals surface area (Å²) < 4.78 is 8.24. The van der Waals surface area contributed by atoms with Crippen LogP contribution in [0.15, 0.2) is 53.3 Å². The average Bonchev–Trinajstić information content (AvgIpc) is 2.87. The first kappa shape index (κ1) is 13.0. The topological polar surface area (TPSA) is 38.6 Å². The quantitative estimate of drug-likeness (QED) is 0.791. The van der Waals surface area contributed by atoms with E-state index < -0.39 is 0 Å². The minimum atomic E-state index is 0.668. The van der Waals surface area contributed by atoms with Crippen LogP contribution in [0.1, 0.15) is 5.69 Å². The molecule has 0 atom stereocenters. The van der Waals surface area contributed by atoms with Crippen molar-refractivity contribution >= 4 is 27.3 Å². The number of halogens is 1. The number of hydrogen-bond acceptors (Lipinski definition) is 3. The maximum atomic E-state index is 5.25. The first-order valence-electron chi connectivity index (χ1n) is 6.26. The van der Waals surface area contributed by atoms with Gasteiger partial charge in [0.05, 0.1) is 19.3 Å². The van der Waals surface area contributed by atoms with Crippen LogP contribution >= 0.6 is 15.9 Å². The van der Waals surface area contributed by atoms with Crippen LogP contribution in [0.25, 0.3) is 5.65 Å². The molecule has 2 heterocycles. The van der Waals surface area contributed by atoms with Crippen LogP contribution in [0.3, 0.4) is 0 Å². The van der Waals surface area contributed by atoms with Gasteiger partial charge in [0.15, 0.2) is 0 Å². The van der Waals surface area contributed by atoms with E-state index in [0.717, 1.165) is 27.3 Å². The highest BCUT2D eigenvalue weighted by molar-refractivity contribution is 9.10. The number of anilines is 1. The minimum absolute atomic E-state index is 0.668. The van der Waals surface area contributed by atoms with Gasteiger partial charge in [-0.1, -0.05) is 22.0 Å². The predicted octanol–water partition coefficient (Wildman–Crippen LogP) is 3.72. The van der Waals surface area contributed by atoms with E-state index in [1.54, 1.807) is 7.11 Å². The van der Waals surface area contributed by atoms with Crippen LogP contribution < -0.4 is 10.1 Å². The molecule has 0 radical (unpaired) electrons. The van der Waals surface area contributed by atoms with Gasteiger partial charge in [-0.3, -0.25) is 0 Å². The molecule has 0 amide bonds. The summed E-state index contributed by atoms with van der Waals surface area (Å²) in [4.78, 5) is 4.55. The second-order valence-electron chi connectivity index (χ2n) is 4.43. The van der Waals surface area contributed by atoms with E-state index in [0.29, 0.717) is 6.54 Å². The van der Waals surface area contributed by atoms with Crippen molar-refractivity contribution in [3.05, 3.63) is 59.0 Å². The number of ether oxygens (including phenoxy) is 1. The zero-order valence-corrected chi connectivity index (χ0v) is 12.6. The highest BCUT2D eigenvalue weighted by atomic mass is 79.9. The Morgan fingerprint density at radius 3 is 3.00 bits per heavy atom. The van der Waals surface area contributed by atoms with Crippen molar-refractivity contribution in [3.63, 3.8) is 0 Å². The molecule has 1 aromatic carbocycles. The fourth-order valence-electron chi connectivity index (χ4n) is 2.05. The van der Waals surface area contributed by atoms with Gasteiger partial charge in [0, 0.05) is 28.6 Å². The van der Waals surface area contributed by atoms with Crippen LogP contribution in [-0.2, 0) is 6.54 Å². The van der Waals surface area contributed by atoms with Crippen molar-refractivity contribution in [2.24, 2.45) is 0 Å². The van der Waals surface area contributed by atoms with Crippen LogP contribution in [0, 0.1) is 0 Å². The molecule has 4 nitrogen and oxygen atoms in total. The van der Waals surface area contributed by atoms with Crippen molar-refractivity contribution in [1.29, 1.82) is 0 Å². The molecule has 0 bridgehead atoms. The molecular formula is C15H14BrN3O. The van der Waals surface area contributed by atoms with Gasteiger partial charge in [-0.05, 0) is 24.3 Å². The number of rotatable bonds is 4. The molecule has 0 aliphatic carbocycles. The Morgan fingerprint density at radius 1 is 1.30 bits per heavy atom. The fraction of sp³-hybridized carbons (Fsp3) is 0.133. The van der Waals surface area contributed by atoms with Gasteiger partial charge in [-0.15, -0.1) is 0 Å². The smallest absolute Gasteiger partial charge is 0.137 e. The number of nitrogens with zero attached hydrogens (tertiary/aromatic N) is 2. The SMILES string of the molecule is COc1cc(Br)cc(NCc2cn3ccccc3n2)c1. The summed E-state index contributed by atoms with van der Waals surface area (Å²) in [7, 11) is 1.66. The molecular weight excluding hydrogens is 318 g/mol. The summed E-state index contributed by atoms with van der Waals surface area (Å²) in [6.45, 7) is 0.668. The number of fused-ring (bicyclic) bond motifs is 1. The second kappa shape index (κ2) is 5.54. The van der Waals surface area contributed by atoms with E-state index >= 15 is 0 Å². The first-order chi connectivity index (χ1) is 9.74. The van der Waals surface area contributed by atoms with Crippen LogP contribution in [-0.4, -0.2) is 16.5 Å². The van der Waals surface area contributed by atoms with Crippen LogP contribution in [0.2, 0.25) is 0 Å². The van der Waals surface area contributed by atoms with E-state index in [1.165, 1.54) is 0 Å². The van der Waals surface area contributed by atoms with E-state index in [1.807, 2.05) is 53.2 Å². The molecule has 2 aromatic heterocycles. The lowest BCUT2D eigenvalue weighted by Crippen LogP contribution is -2.00. The van der Waals surface area contributed by atoms with Crippen molar-refractivity contribution in [2.45, 2.75) is 6.54 Å². The molecule has 0 saturated heterocycles. The first-order valence-corrected chi connectivity index (χ1v) is 7.05. The normalized spacial score (nSPS) is 10.7. The molecule has 3 aromatic rings. The molecule has 0 aliphatic rings. The molecule has 102 valence electrons. The summed E-state index contributed by atoms with van der Waals surface area (Å²) >= 11 is 3.47. The predicted molar refractivity (Wildman–Crippen MR) is 83.2 cm³/mol. The van der Waals surface area contributed by atoms with Gasteiger partial charge in [-0.2, -0.15) is 0 Å². The molecule has 0 aliphatic heterocycles. The minimum Gasteiger partial charge on any atom is -0.497 e. The lowest BCUT2D eigenvalue weighted by Gasteiger charge is -2.07. The van der Waals surface area contributed by atoms with E-state index in [2.05, 4.69) is 26.2 Å². The third-order valence-corrected chi connectivity index (χ3v) is 3.45. The number of imidazole rings is 1. The molecule has 0 fully saturated rings. The number of nitrogens with one attached hydrogen (secondary N) is 1. The molecule has 1 N–H and O–H groups in total. The van der Waals surface area contributed by atoms with Crippen molar-refractivity contribution in [3.8, 4) is 5.75 Å². The van der Waals surface area contributed by atoms with Crippen molar-refractivity contribution in [2.75, 3.05) is 12.4 Å². The monoisotopic (exact) mass is 331 g/mol. The van der Waals surface area contributed by atoms with Gasteiger partial charge >= 0.3 is 0 Å². The Balaban J connectivity index is 1.77. The third kappa shape index (κ3) is 2.77. The Kier molecular flexibility index (Phi) is 3.60. The second-order valence-corrected chi connectivity index (χ2v) is 5.35. The standard InChI is InChI=1S/C15H14BrN3O/c1-20-14-7-11(16)6-12(8-14)17-9-13-10-19-5-3-2-4-15(19)18-13/h2-8,10,17H,9H2,1H3.